The number of hydrogen-bond donors (Lipinski definition) is 2. The van der Waals surface area contributed by atoms with E-state index < -0.39 is 0 Å². The average Bonchev–Trinajstić information content (AvgIpc) is 2.77. The number of likely N-dealkylation sites (N-methyl/N-ethyl adjacent to an activating group) is 1. The molecule has 2 unspecified atom stereocenters. The number of aliphatic hydroxyl groups excluding tert-OH is 1. The molecule has 1 saturated carbocycles. The zero-order valence-electron chi connectivity index (χ0n) is 12.7. The topological polar surface area (TPSA) is 35.5 Å². The monoisotopic (exact) mass is 256 g/mol. The normalized spacial score (nSPS) is 28.5. The first-order valence-corrected chi connectivity index (χ1v) is 7.63. The molecular formula is C15H32N2O. The van der Waals surface area contributed by atoms with Gasteiger partial charge in [0.05, 0.1) is 6.61 Å². The molecule has 1 aliphatic carbocycles. The van der Waals surface area contributed by atoms with Crippen LogP contribution < -0.4 is 5.32 Å². The van der Waals surface area contributed by atoms with Crippen LogP contribution in [0.4, 0.5) is 0 Å². The van der Waals surface area contributed by atoms with E-state index in [0.717, 1.165) is 6.42 Å². The highest BCUT2D eigenvalue weighted by Gasteiger charge is 2.40. The van der Waals surface area contributed by atoms with Crippen molar-refractivity contribution in [2.24, 2.45) is 5.92 Å². The van der Waals surface area contributed by atoms with Crippen molar-refractivity contribution in [1.29, 1.82) is 0 Å². The number of aliphatic hydroxyl groups is 1. The Morgan fingerprint density at radius 1 is 1.39 bits per heavy atom. The molecule has 0 aromatic heterocycles. The minimum atomic E-state index is -0.00510. The summed E-state index contributed by atoms with van der Waals surface area (Å²) < 4.78 is 0. The zero-order valence-corrected chi connectivity index (χ0v) is 12.7. The Morgan fingerprint density at radius 3 is 2.61 bits per heavy atom. The summed E-state index contributed by atoms with van der Waals surface area (Å²) in [7, 11) is 2.00. The van der Waals surface area contributed by atoms with Gasteiger partial charge >= 0.3 is 0 Å². The van der Waals surface area contributed by atoms with E-state index in [1.165, 1.54) is 38.8 Å². The van der Waals surface area contributed by atoms with Gasteiger partial charge < -0.3 is 15.3 Å². The van der Waals surface area contributed by atoms with Crippen LogP contribution in [0.25, 0.3) is 0 Å². The standard InChI is InChI=1S/C15H32N2O/c1-5-10-17(13(2)3)11-8-14-7-6-9-15(14,12-18)16-4/h13-14,16,18H,5-12H2,1-4H3. The molecule has 0 saturated heterocycles. The minimum absolute atomic E-state index is 0.00510. The first kappa shape index (κ1) is 15.9. The Morgan fingerprint density at radius 2 is 2.11 bits per heavy atom. The smallest absolute Gasteiger partial charge is 0.0615 e. The van der Waals surface area contributed by atoms with Crippen LogP contribution in [0.5, 0.6) is 0 Å². The number of nitrogens with one attached hydrogen (secondary N) is 1. The fraction of sp³-hybridized carbons (Fsp3) is 1.00. The highest BCUT2D eigenvalue weighted by Crippen LogP contribution is 2.37. The van der Waals surface area contributed by atoms with Crippen LogP contribution in [-0.2, 0) is 0 Å². The van der Waals surface area contributed by atoms with Crippen LogP contribution in [-0.4, -0.2) is 48.3 Å². The first-order valence-electron chi connectivity index (χ1n) is 7.63. The molecule has 1 fully saturated rings. The molecule has 18 heavy (non-hydrogen) atoms. The zero-order chi connectivity index (χ0) is 13.6. The summed E-state index contributed by atoms with van der Waals surface area (Å²) in [5.74, 6) is 0.630. The largest absolute Gasteiger partial charge is 0.394 e. The predicted octanol–water partition coefficient (Wildman–Crippen LogP) is 2.25. The summed E-state index contributed by atoms with van der Waals surface area (Å²) in [5.41, 5.74) is -0.00510. The van der Waals surface area contributed by atoms with Crippen LogP contribution >= 0.6 is 0 Å². The van der Waals surface area contributed by atoms with Crippen LogP contribution in [0, 0.1) is 5.92 Å². The third-order valence-corrected chi connectivity index (χ3v) is 4.74. The Balaban J connectivity index is 2.50. The highest BCUT2D eigenvalue weighted by atomic mass is 16.3. The molecule has 1 rings (SSSR count). The lowest BCUT2D eigenvalue weighted by molar-refractivity contribution is 0.113. The van der Waals surface area contributed by atoms with Crippen LogP contribution in [0.3, 0.4) is 0 Å². The van der Waals surface area contributed by atoms with Crippen molar-refractivity contribution in [2.75, 3.05) is 26.7 Å². The second-order valence-electron chi connectivity index (χ2n) is 6.07. The second-order valence-corrected chi connectivity index (χ2v) is 6.07. The van der Waals surface area contributed by atoms with E-state index in [9.17, 15) is 5.11 Å². The number of hydrogen-bond acceptors (Lipinski definition) is 3. The van der Waals surface area contributed by atoms with Gasteiger partial charge in [-0.05, 0) is 65.6 Å². The molecule has 108 valence electrons. The Kier molecular flexibility index (Phi) is 6.61. The van der Waals surface area contributed by atoms with Crippen molar-refractivity contribution in [1.82, 2.24) is 10.2 Å². The molecule has 0 aromatic rings. The van der Waals surface area contributed by atoms with E-state index >= 15 is 0 Å². The van der Waals surface area contributed by atoms with Crippen molar-refractivity contribution in [2.45, 2.75) is 64.5 Å². The molecule has 2 N–H and O–H groups in total. The molecule has 0 spiro atoms. The minimum Gasteiger partial charge on any atom is -0.394 e. The van der Waals surface area contributed by atoms with Gasteiger partial charge in [-0.1, -0.05) is 13.3 Å². The summed E-state index contributed by atoms with van der Waals surface area (Å²) in [4.78, 5) is 2.57. The van der Waals surface area contributed by atoms with E-state index in [4.69, 9.17) is 0 Å². The van der Waals surface area contributed by atoms with Gasteiger partial charge in [-0.25, -0.2) is 0 Å². The molecule has 3 nitrogen and oxygen atoms in total. The Bertz CT molecular complexity index is 227. The summed E-state index contributed by atoms with van der Waals surface area (Å²) >= 11 is 0. The second kappa shape index (κ2) is 7.46. The molecule has 0 bridgehead atoms. The molecule has 2 atom stereocenters. The lowest BCUT2D eigenvalue weighted by Crippen LogP contribution is -2.50. The van der Waals surface area contributed by atoms with Crippen molar-refractivity contribution in [3.8, 4) is 0 Å². The molecule has 0 heterocycles. The highest BCUT2D eigenvalue weighted by molar-refractivity contribution is 4.98. The SMILES string of the molecule is CCCN(CCC1CCCC1(CO)NC)C(C)C. The maximum Gasteiger partial charge on any atom is 0.0615 e. The predicted molar refractivity (Wildman–Crippen MR) is 77.8 cm³/mol. The lowest BCUT2D eigenvalue weighted by Gasteiger charge is -2.35. The first-order chi connectivity index (χ1) is 8.59. The van der Waals surface area contributed by atoms with Crippen molar-refractivity contribution in [3.63, 3.8) is 0 Å². The van der Waals surface area contributed by atoms with E-state index in [2.05, 4.69) is 31.0 Å². The third kappa shape index (κ3) is 3.69. The van der Waals surface area contributed by atoms with Gasteiger partial charge in [-0.2, -0.15) is 0 Å². The van der Waals surface area contributed by atoms with Crippen molar-refractivity contribution in [3.05, 3.63) is 0 Å². The van der Waals surface area contributed by atoms with Crippen LogP contribution in [0.2, 0.25) is 0 Å². The summed E-state index contributed by atoms with van der Waals surface area (Å²) in [6, 6.07) is 0.629. The van der Waals surface area contributed by atoms with E-state index in [-0.39, 0.29) is 12.1 Å². The van der Waals surface area contributed by atoms with Crippen LogP contribution in [0.15, 0.2) is 0 Å². The molecule has 3 heteroatoms. The summed E-state index contributed by atoms with van der Waals surface area (Å²) in [6.07, 6.45) is 6.07. The maximum atomic E-state index is 9.69. The molecule has 1 aliphatic rings. The van der Waals surface area contributed by atoms with Gasteiger partial charge in [0, 0.05) is 11.6 Å². The van der Waals surface area contributed by atoms with Gasteiger partial charge in [-0.15, -0.1) is 0 Å². The Hall–Kier alpha value is -0.120. The van der Waals surface area contributed by atoms with Gasteiger partial charge in [0.15, 0.2) is 0 Å². The summed E-state index contributed by atoms with van der Waals surface area (Å²) in [5, 5.41) is 13.1. The van der Waals surface area contributed by atoms with E-state index in [1.54, 1.807) is 0 Å². The fourth-order valence-electron chi connectivity index (χ4n) is 3.42. The van der Waals surface area contributed by atoms with Crippen molar-refractivity contribution < 1.29 is 5.11 Å². The molecule has 0 aromatic carbocycles. The van der Waals surface area contributed by atoms with Gasteiger partial charge in [0.25, 0.3) is 0 Å². The number of rotatable bonds is 8. The Labute approximate surface area is 113 Å². The molecule has 0 radical (unpaired) electrons. The van der Waals surface area contributed by atoms with Gasteiger partial charge in [0.1, 0.15) is 0 Å². The third-order valence-electron chi connectivity index (χ3n) is 4.74. The van der Waals surface area contributed by atoms with Crippen LogP contribution in [0.1, 0.15) is 52.9 Å². The lowest BCUT2D eigenvalue weighted by atomic mass is 9.85. The fourth-order valence-corrected chi connectivity index (χ4v) is 3.42. The molecular weight excluding hydrogens is 224 g/mol. The maximum absolute atomic E-state index is 9.69. The summed E-state index contributed by atoms with van der Waals surface area (Å²) in [6.45, 7) is 9.44. The number of nitrogens with zero attached hydrogens (tertiary/aromatic N) is 1. The van der Waals surface area contributed by atoms with E-state index in [0.29, 0.717) is 12.0 Å². The quantitative estimate of drug-likeness (QED) is 0.699. The van der Waals surface area contributed by atoms with E-state index in [1.807, 2.05) is 7.05 Å². The van der Waals surface area contributed by atoms with Crippen molar-refractivity contribution >= 4 is 0 Å². The average molecular weight is 256 g/mol. The molecule has 0 aliphatic heterocycles. The molecule has 0 amide bonds. The van der Waals surface area contributed by atoms with Gasteiger partial charge in [0.2, 0.25) is 0 Å². The van der Waals surface area contributed by atoms with Gasteiger partial charge in [-0.3, -0.25) is 0 Å².